The molecule has 21 heavy (non-hydrogen) atoms. The van der Waals surface area contributed by atoms with Gasteiger partial charge in [-0.3, -0.25) is 10.1 Å². The average Bonchev–Trinajstić information content (AvgIpc) is 2.80. The Morgan fingerprint density at radius 3 is 2.62 bits per heavy atom. The molecule has 11 heteroatoms. The maximum absolute atomic E-state index is 12.5. The smallest absolute Gasteiger partial charge is 0.416 e. The van der Waals surface area contributed by atoms with E-state index in [9.17, 15) is 23.3 Å². The first kappa shape index (κ1) is 15.4. The van der Waals surface area contributed by atoms with E-state index in [-0.39, 0.29) is 16.8 Å². The maximum Gasteiger partial charge on any atom is 0.416 e. The second kappa shape index (κ2) is 5.82. The van der Waals surface area contributed by atoms with Crippen molar-refractivity contribution >= 4 is 28.6 Å². The van der Waals surface area contributed by atoms with Crippen LogP contribution in [0.15, 0.2) is 18.2 Å². The van der Waals surface area contributed by atoms with Crippen LogP contribution in [-0.2, 0) is 12.8 Å². The lowest BCUT2D eigenvalue weighted by atomic mass is 10.2. The van der Waals surface area contributed by atoms with E-state index in [2.05, 4.69) is 10.2 Å². The number of nitro benzene ring substituents is 1. The zero-order valence-electron chi connectivity index (χ0n) is 9.93. The second-order valence-corrected chi connectivity index (χ2v) is 5.32. The van der Waals surface area contributed by atoms with Crippen molar-refractivity contribution in [2.75, 3.05) is 0 Å². The van der Waals surface area contributed by atoms with Crippen LogP contribution >= 0.6 is 22.9 Å². The second-order valence-electron chi connectivity index (χ2n) is 3.67. The highest BCUT2D eigenvalue weighted by Crippen LogP contribution is 2.36. The predicted molar refractivity (Wildman–Crippen MR) is 67.3 cm³/mol. The molecule has 6 nitrogen and oxygen atoms in total. The molecule has 2 rings (SSSR count). The molecule has 1 aromatic carbocycles. The highest BCUT2D eigenvalue weighted by atomic mass is 35.5. The Balaban J connectivity index is 2.24. The molecule has 0 N–H and O–H groups in total. The number of hydrogen-bond acceptors (Lipinski definition) is 6. The lowest BCUT2D eigenvalue weighted by molar-refractivity contribution is -0.386. The summed E-state index contributed by atoms with van der Waals surface area (Å²) in [6.07, 6.45) is -4.67. The first-order valence-electron chi connectivity index (χ1n) is 5.23. The highest BCUT2D eigenvalue weighted by molar-refractivity contribution is 7.15. The molecule has 2 aromatic rings. The summed E-state index contributed by atoms with van der Waals surface area (Å²) in [5.41, 5.74) is -1.90. The van der Waals surface area contributed by atoms with Crippen molar-refractivity contribution in [3.63, 3.8) is 0 Å². The minimum atomic E-state index is -4.67. The third-order valence-electron chi connectivity index (χ3n) is 2.28. The quantitative estimate of drug-likeness (QED) is 0.627. The Morgan fingerprint density at radius 2 is 2.10 bits per heavy atom. The summed E-state index contributed by atoms with van der Waals surface area (Å²) in [7, 11) is 0. The van der Waals surface area contributed by atoms with Crippen LogP contribution in [0.3, 0.4) is 0 Å². The van der Waals surface area contributed by atoms with Crippen molar-refractivity contribution in [1.29, 1.82) is 0 Å². The van der Waals surface area contributed by atoms with Gasteiger partial charge in [-0.1, -0.05) is 11.3 Å². The molecule has 0 radical (unpaired) electrons. The number of aromatic nitrogens is 2. The van der Waals surface area contributed by atoms with Crippen molar-refractivity contribution in [1.82, 2.24) is 10.2 Å². The van der Waals surface area contributed by atoms with Gasteiger partial charge in [-0.15, -0.1) is 10.2 Å². The number of alkyl halides is 3. The molecule has 0 amide bonds. The normalized spacial score (nSPS) is 11.4. The molecule has 0 saturated heterocycles. The van der Waals surface area contributed by atoms with Crippen LogP contribution in [-0.4, -0.2) is 15.1 Å². The van der Waals surface area contributed by atoms with E-state index in [0.717, 1.165) is 17.4 Å². The van der Waals surface area contributed by atoms with E-state index >= 15 is 0 Å². The van der Waals surface area contributed by atoms with Crippen molar-refractivity contribution in [3.8, 4) is 5.75 Å². The lowest BCUT2D eigenvalue weighted by Crippen LogP contribution is -2.06. The summed E-state index contributed by atoms with van der Waals surface area (Å²) in [6, 6.07) is 2.02. The van der Waals surface area contributed by atoms with E-state index in [4.69, 9.17) is 16.3 Å². The average molecular weight is 340 g/mol. The molecule has 0 aliphatic carbocycles. The fourth-order valence-electron chi connectivity index (χ4n) is 1.39. The summed E-state index contributed by atoms with van der Waals surface area (Å²) in [6.45, 7) is -0.184. The lowest BCUT2D eigenvalue weighted by Gasteiger charge is -2.09. The number of nitro groups is 1. The minimum Gasteiger partial charge on any atom is -0.479 e. The van der Waals surface area contributed by atoms with Crippen molar-refractivity contribution in [2.45, 2.75) is 12.8 Å². The Labute approximate surface area is 124 Å². The Morgan fingerprint density at radius 1 is 1.38 bits per heavy atom. The van der Waals surface area contributed by atoms with Gasteiger partial charge in [-0.2, -0.15) is 13.2 Å². The first-order valence-corrected chi connectivity index (χ1v) is 6.43. The SMILES string of the molecule is O=[N+]([O-])c1cc(C(F)(F)F)ccc1OCc1nnc(Cl)s1. The monoisotopic (exact) mass is 339 g/mol. The Bertz CT molecular complexity index is 677. The number of rotatable bonds is 4. The summed E-state index contributed by atoms with van der Waals surface area (Å²) in [4.78, 5) is 9.88. The van der Waals surface area contributed by atoms with Crippen LogP contribution in [0.25, 0.3) is 0 Å². The van der Waals surface area contributed by atoms with Crippen LogP contribution < -0.4 is 4.74 Å². The van der Waals surface area contributed by atoms with Gasteiger partial charge < -0.3 is 4.74 Å². The molecule has 0 bridgehead atoms. The molecule has 0 atom stereocenters. The summed E-state index contributed by atoms with van der Waals surface area (Å²) in [5.74, 6) is -0.292. The molecule has 1 aromatic heterocycles. The van der Waals surface area contributed by atoms with E-state index < -0.39 is 22.4 Å². The van der Waals surface area contributed by atoms with Gasteiger partial charge in [0.05, 0.1) is 10.5 Å². The van der Waals surface area contributed by atoms with Crippen LogP contribution in [0.2, 0.25) is 4.47 Å². The number of ether oxygens (including phenoxy) is 1. The molecule has 112 valence electrons. The topological polar surface area (TPSA) is 78.2 Å². The van der Waals surface area contributed by atoms with E-state index in [1.165, 1.54) is 0 Å². The van der Waals surface area contributed by atoms with E-state index in [0.29, 0.717) is 17.1 Å². The van der Waals surface area contributed by atoms with Crippen LogP contribution in [0, 0.1) is 10.1 Å². The maximum atomic E-state index is 12.5. The number of benzene rings is 1. The number of hydrogen-bond donors (Lipinski definition) is 0. The van der Waals surface area contributed by atoms with E-state index in [1.54, 1.807) is 0 Å². The van der Waals surface area contributed by atoms with Crippen LogP contribution in [0.5, 0.6) is 5.75 Å². The van der Waals surface area contributed by atoms with Gasteiger partial charge in [-0.05, 0) is 23.7 Å². The van der Waals surface area contributed by atoms with Gasteiger partial charge in [0.15, 0.2) is 10.8 Å². The standard InChI is InChI=1S/C10H5ClF3N3O3S/c11-9-16-15-8(21-9)4-20-7-2-1-5(10(12,13)14)3-6(7)17(18)19/h1-3H,4H2. The van der Waals surface area contributed by atoms with Gasteiger partial charge in [0.1, 0.15) is 6.61 Å². The third-order valence-corrected chi connectivity index (χ3v) is 3.27. The molecular weight excluding hydrogens is 335 g/mol. The van der Waals surface area contributed by atoms with Crippen molar-refractivity contribution < 1.29 is 22.8 Å². The van der Waals surface area contributed by atoms with Gasteiger partial charge in [0.2, 0.25) is 4.47 Å². The molecular formula is C10H5ClF3N3O3S. The van der Waals surface area contributed by atoms with Gasteiger partial charge in [-0.25, -0.2) is 0 Å². The highest BCUT2D eigenvalue weighted by Gasteiger charge is 2.33. The van der Waals surface area contributed by atoms with Crippen molar-refractivity contribution in [3.05, 3.63) is 43.4 Å². The summed E-state index contributed by atoms with van der Waals surface area (Å²) < 4.78 is 42.8. The zero-order chi connectivity index (χ0) is 15.6. The predicted octanol–water partition coefficient (Wildman–Crippen LogP) is 3.70. The van der Waals surface area contributed by atoms with Crippen LogP contribution in [0.4, 0.5) is 18.9 Å². The molecule has 0 unspecified atom stereocenters. The largest absolute Gasteiger partial charge is 0.479 e. The molecule has 1 heterocycles. The Kier molecular flexibility index (Phi) is 4.28. The first-order chi connectivity index (χ1) is 9.77. The molecule has 0 aliphatic rings. The molecule has 0 saturated carbocycles. The summed E-state index contributed by atoms with van der Waals surface area (Å²) >= 11 is 6.55. The molecule has 0 aliphatic heterocycles. The zero-order valence-corrected chi connectivity index (χ0v) is 11.5. The fraction of sp³-hybridized carbons (Fsp3) is 0.200. The van der Waals surface area contributed by atoms with Gasteiger partial charge in [0, 0.05) is 6.07 Å². The molecule has 0 fully saturated rings. The number of halogens is 4. The van der Waals surface area contributed by atoms with Crippen molar-refractivity contribution in [2.24, 2.45) is 0 Å². The molecule has 0 spiro atoms. The van der Waals surface area contributed by atoms with Crippen LogP contribution in [0.1, 0.15) is 10.6 Å². The summed E-state index contributed by atoms with van der Waals surface area (Å²) in [5, 5.41) is 18.3. The van der Waals surface area contributed by atoms with E-state index in [1.807, 2.05) is 0 Å². The number of nitrogens with zero attached hydrogens (tertiary/aromatic N) is 3. The minimum absolute atomic E-state index is 0.163. The van der Waals surface area contributed by atoms with Gasteiger partial charge >= 0.3 is 11.9 Å². The Hall–Kier alpha value is -1.94. The van der Waals surface area contributed by atoms with Gasteiger partial charge in [0.25, 0.3) is 0 Å². The fourth-order valence-corrected chi connectivity index (χ4v) is 2.17. The third kappa shape index (κ3) is 3.79.